The molecule has 0 unspecified atom stereocenters. The smallest absolute Gasteiger partial charge is 0.410 e. The Balaban J connectivity index is 1.47. The van der Waals surface area contributed by atoms with E-state index in [1.54, 1.807) is 11.0 Å². The molecule has 202 valence electrons. The maximum atomic E-state index is 14.3. The molecule has 5 aromatic rings. The zero-order valence-corrected chi connectivity index (χ0v) is 22.5. The van der Waals surface area contributed by atoms with Crippen LogP contribution in [0.15, 0.2) is 97.2 Å². The minimum atomic E-state index is -0.962. The SMILES string of the molecule is CCN(CC)C(=O)Oc1ccc2c(ccn2Cc2ccc(C=Cc3ccccc3)cc2)c1-c1ccc(F)c(F)c1. The Bertz CT molecular complexity index is 1650. The minimum Gasteiger partial charge on any atom is -0.410 e. The topological polar surface area (TPSA) is 34.5 Å². The highest BCUT2D eigenvalue weighted by Crippen LogP contribution is 2.39. The summed E-state index contributed by atoms with van der Waals surface area (Å²) < 4.78 is 35.9. The van der Waals surface area contributed by atoms with Crippen LogP contribution >= 0.6 is 0 Å². The molecule has 1 amide bonds. The molecule has 0 aliphatic rings. The van der Waals surface area contributed by atoms with E-state index >= 15 is 0 Å². The van der Waals surface area contributed by atoms with Gasteiger partial charge in [-0.05, 0) is 66.4 Å². The van der Waals surface area contributed by atoms with Crippen LogP contribution in [-0.2, 0) is 6.54 Å². The van der Waals surface area contributed by atoms with Crippen LogP contribution in [0.5, 0.6) is 5.75 Å². The molecular formula is C34H30F2N2O2. The van der Waals surface area contributed by atoms with Crippen LogP contribution in [0.2, 0.25) is 0 Å². The van der Waals surface area contributed by atoms with Crippen molar-refractivity contribution >= 4 is 29.1 Å². The van der Waals surface area contributed by atoms with Crippen LogP contribution < -0.4 is 4.74 Å². The van der Waals surface area contributed by atoms with E-state index in [0.717, 1.165) is 39.7 Å². The van der Waals surface area contributed by atoms with E-state index < -0.39 is 17.7 Å². The monoisotopic (exact) mass is 536 g/mol. The van der Waals surface area contributed by atoms with Crippen LogP contribution in [0.1, 0.15) is 30.5 Å². The van der Waals surface area contributed by atoms with Crippen molar-refractivity contribution in [3.05, 3.63) is 126 Å². The molecule has 6 heteroatoms. The molecule has 0 aliphatic carbocycles. The number of hydrogen-bond acceptors (Lipinski definition) is 2. The van der Waals surface area contributed by atoms with Gasteiger partial charge in [-0.3, -0.25) is 0 Å². The Kier molecular flexibility index (Phi) is 8.06. The van der Waals surface area contributed by atoms with E-state index in [-0.39, 0.29) is 0 Å². The Hall–Kier alpha value is -4.71. The number of amides is 1. The van der Waals surface area contributed by atoms with Gasteiger partial charge >= 0.3 is 6.09 Å². The summed E-state index contributed by atoms with van der Waals surface area (Å²) in [7, 11) is 0. The van der Waals surface area contributed by atoms with Crippen LogP contribution in [0.4, 0.5) is 13.6 Å². The highest BCUT2D eigenvalue weighted by atomic mass is 19.2. The molecule has 0 bridgehead atoms. The van der Waals surface area contributed by atoms with E-state index in [1.165, 1.54) is 6.07 Å². The molecule has 1 aromatic heterocycles. The van der Waals surface area contributed by atoms with Gasteiger partial charge in [0, 0.05) is 42.3 Å². The minimum absolute atomic E-state index is 0.294. The van der Waals surface area contributed by atoms with Gasteiger partial charge in [0.1, 0.15) is 5.75 Å². The second kappa shape index (κ2) is 12.0. The average Bonchev–Trinajstić information content (AvgIpc) is 3.38. The lowest BCUT2D eigenvalue weighted by molar-refractivity contribution is 0.157. The summed E-state index contributed by atoms with van der Waals surface area (Å²) in [5.41, 5.74) is 5.21. The van der Waals surface area contributed by atoms with Crippen molar-refractivity contribution in [1.82, 2.24) is 9.47 Å². The summed E-state index contributed by atoms with van der Waals surface area (Å²) >= 11 is 0. The van der Waals surface area contributed by atoms with Gasteiger partial charge in [0.25, 0.3) is 0 Å². The molecule has 0 saturated carbocycles. The fourth-order valence-electron chi connectivity index (χ4n) is 4.75. The Labute approximate surface area is 232 Å². The number of ether oxygens (including phenoxy) is 1. The van der Waals surface area contributed by atoms with Crippen molar-refractivity contribution in [3.8, 4) is 16.9 Å². The molecule has 0 fully saturated rings. The van der Waals surface area contributed by atoms with Crippen molar-refractivity contribution in [2.45, 2.75) is 20.4 Å². The number of fused-ring (bicyclic) bond motifs is 1. The number of carbonyl (C=O) groups excluding carboxylic acids is 1. The molecule has 0 atom stereocenters. The van der Waals surface area contributed by atoms with Crippen molar-refractivity contribution in [3.63, 3.8) is 0 Å². The molecule has 0 saturated heterocycles. The first-order chi connectivity index (χ1) is 19.5. The third kappa shape index (κ3) is 5.81. The molecule has 1 heterocycles. The van der Waals surface area contributed by atoms with Gasteiger partial charge in [-0.15, -0.1) is 0 Å². The van der Waals surface area contributed by atoms with Crippen LogP contribution in [-0.4, -0.2) is 28.6 Å². The average molecular weight is 537 g/mol. The van der Waals surface area contributed by atoms with Crippen molar-refractivity contribution in [2.75, 3.05) is 13.1 Å². The van der Waals surface area contributed by atoms with E-state index in [2.05, 4.69) is 53.1 Å². The van der Waals surface area contributed by atoms with E-state index in [9.17, 15) is 13.6 Å². The third-order valence-electron chi connectivity index (χ3n) is 6.94. The number of nitrogens with zero attached hydrogens (tertiary/aromatic N) is 2. The molecule has 40 heavy (non-hydrogen) atoms. The predicted molar refractivity (Wildman–Crippen MR) is 157 cm³/mol. The zero-order valence-electron chi connectivity index (χ0n) is 22.5. The van der Waals surface area contributed by atoms with Gasteiger partial charge < -0.3 is 14.2 Å². The molecule has 4 aromatic carbocycles. The van der Waals surface area contributed by atoms with Crippen LogP contribution in [0.25, 0.3) is 34.2 Å². The lowest BCUT2D eigenvalue weighted by atomic mass is 10.00. The lowest BCUT2D eigenvalue weighted by Crippen LogP contribution is -2.33. The standard InChI is InChI=1S/C34H30F2N2O2/c1-3-37(4-2)34(39)40-32-19-18-31-28(33(32)27-16-17-29(35)30(36)22-27)20-21-38(31)23-26-14-12-25(13-15-26)11-10-24-8-6-5-7-9-24/h5-22H,3-4,23H2,1-2H3. The maximum Gasteiger partial charge on any atom is 0.415 e. The number of carbonyl (C=O) groups is 1. The largest absolute Gasteiger partial charge is 0.415 e. The van der Waals surface area contributed by atoms with Gasteiger partial charge in [-0.2, -0.15) is 0 Å². The van der Waals surface area contributed by atoms with Crippen molar-refractivity contribution in [1.29, 1.82) is 0 Å². The molecule has 4 nitrogen and oxygen atoms in total. The molecule has 0 spiro atoms. The van der Waals surface area contributed by atoms with Gasteiger partial charge in [-0.25, -0.2) is 13.6 Å². The third-order valence-corrected chi connectivity index (χ3v) is 6.94. The first-order valence-electron chi connectivity index (χ1n) is 13.3. The molecule has 5 rings (SSSR count). The lowest BCUT2D eigenvalue weighted by Gasteiger charge is -2.20. The first-order valence-corrected chi connectivity index (χ1v) is 13.3. The number of hydrogen-bond donors (Lipinski definition) is 0. The number of halogens is 2. The number of benzene rings is 4. The van der Waals surface area contributed by atoms with E-state index in [0.29, 0.717) is 36.5 Å². The van der Waals surface area contributed by atoms with Gasteiger partial charge in [0.15, 0.2) is 11.6 Å². The summed E-state index contributed by atoms with van der Waals surface area (Å²) in [5.74, 6) is -1.60. The molecule has 0 N–H and O–H groups in total. The summed E-state index contributed by atoms with van der Waals surface area (Å²) in [6.45, 7) is 5.35. The zero-order chi connectivity index (χ0) is 28.1. The van der Waals surface area contributed by atoms with Crippen LogP contribution in [0, 0.1) is 11.6 Å². The van der Waals surface area contributed by atoms with Gasteiger partial charge in [-0.1, -0.05) is 72.8 Å². The first kappa shape index (κ1) is 26.9. The van der Waals surface area contributed by atoms with Gasteiger partial charge in [0.05, 0.1) is 0 Å². The summed E-state index contributed by atoms with van der Waals surface area (Å²) in [6.07, 6.45) is 5.62. The second-order valence-corrected chi connectivity index (χ2v) is 9.47. The van der Waals surface area contributed by atoms with Crippen LogP contribution in [0.3, 0.4) is 0 Å². The van der Waals surface area contributed by atoms with Gasteiger partial charge in [0.2, 0.25) is 0 Å². The highest BCUT2D eigenvalue weighted by Gasteiger charge is 2.20. The van der Waals surface area contributed by atoms with E-state index in [4.69, 9.17) is 4.74 Å². The molecule has 0 aliphatic heterocycles. The molecular weight excluding hydrogens is 506 g/mol. The maximum absolute atomic E-state index is 14.3. The fourth-order valence-corrected chi connectivity index (χ4v) is 4.75. The predicted octanol–water partition coefficient (Wildman–Crippen LogP) is 8.65. The number of rotatable bonds is 8. The van der Waals surface area contributed by atoms with Crippen molar-refractivity contribution in [2.24, 2.45) is 0 Å². The Morgan fingerprint density at radius 3 is 2.20 bits per heavy atom. The molecule has 0 radical (unpaired) electrons. The summed E-state index contributed by atoms with van der Waals surface area (Å²) in [5, 5.41) is 0.776. The Morgan fingerprint density at radius 1 is 0.825 bits per heavy atom. The summed E-state index contributed by atoms with van der Waals surface area (Å²) in [4.78, 5) is 14.3. The second-order valence-electron chi connectivity index (χ2n) is 9.47. The fraction of sp³-hybridized carbons (Fsp3) is 0.147. The summed E-state index contributed by atoms with van der Waals surface area (Å²) in [6, 6.07) is 27.7. The highest BCUT2D eigenvalue weighted by molar-refractivity contribution is 5.99. The number of aromatic nitrogens is 1. The van der Waals surface area contributed by atoms with E-state index in [1.807, 2.05) is 50.4 Å². The normalized spacial score (nSPS) is 11.3. The van der Waals surface area contributed by atoms with Crippen molar-refractivity contribution < 1.29 is 18.3 Å². The quantitative estimate of drug-likeness (QED) is 0.186. The Morgan fingerprint density at radius 2 is 1.52 bits per heavy atom.